The highest BCUT2D eigenvalue weighted by Crippen LogP contribution is 2.33. The average Bonchev–Trinajstić information content (AvgIpc) is 3.29. The maximum absolute atomic E-state index is 12.9. The quantitative estimate of drug-likeness (QED) is 0.626. The summed E-state index contributed by atoms with van der Waals surface area (Å²) in [6.45, 7) is 0.399. The molecule has 1 atom stereocenters. The highest BCUT2D eigenvalue weighted by molar-refractivity contribution is 5.92. The molecule has 1 unspecified atom stereocenters. The van der Waals surface area contributed by atoms with Crippen molar-refractivity contribution in [2.45, 2.75) is 31.4 Å². The summed E-state index contributed by atoms with van der Waals surface area (Å²) in [4.78, 5) is 22.4. The molecule has 31 heavy (non-hydrogen) atoms. The third kappa shape index (κ3) is 4.20. The summed E-state index contributed by atoms with van der Waals surface area (Å²) in [7, 11) is 0. The Hall–Kier alpha value is -3.51. The number of nitrogens with one attached hydrogen (secondary N) is 1. The van der Waals surface area contributed by atoms with Crippen molar-refractivity contribution in [3.05, 3.63) is 59.6 Å². The molecule has 0 saturated heterocycles. The zero-order valence-corrected chi connectivity index (χ0v) is 15.4. The van der Waals surface area contributed by atoms with E-state index in [-0.39, 0.29) is 17.0 Å². The fraction of sp³-hybridized carbons (Fsp3) is 0.278. The Balaban J connectivity index is 1.52. The van der Waals surface area contributed by atoms with Gasteiger partial charge in [0.2, 0.25) is 0 Å². The van der Waals surface area contributed by atoms with Crippen LogP contribution in [0.15, 0.2) is 36.8 Å². The van der Waals surface area contributed by atoms with Crippen molar-refractivity contribution in [3.8, 4) is 11.3 Å². The lowest BCUT2D eigenvalue weighted by Gasteiger charge is -2.12. The number of rotatable bonds is 3. The molecule has 4 heterocycles. The lowest BCUT2D eigenvalue weighted by molar-refractivity contribution is -0.142. The minimum absolute atomic E-state index is 0.211. The standard InChI is InChI=1S/C18H12F6N6O/c19-17(20,21)14-5-9(1-3-25-14)11-6-13-10(2-4-30(13)29-11)28-16(31)12-7-27-15(8-26-12)18(22,23)24/h1,3,5-8,10H,2,4H2,(H,28,31). The van der Waals surface area contributed by atoms with E-state index in [1.807, 2.05) is 0 Å². The number of carbonyl (C=O) groups is 1. The first-order chi connectivity index (χ1) is 14.5. The third-order valence-electron chi connectivity index (χ3n) is 4.62. The van der Waals surface area contributed by atoms with Gasteiger partial charge in [0, 0.05) is 18.3 Å². The van der Waals surface area contributed by atoms with Crippen molar-refractivity contribution >= 4 is 5.91 Å². The second-order valence-electron chi connectivity index (χ2n) is 6.70. The maximum Gasteiger partial charge on any atom is 0.434 e. The first-order valence-electron chi connectivity index (χ1n) is 8.84. The van der Waals surface area contributed by atoms with Crippen LogP contribution in [0.5, 0.6) is 0 Å². The molecule has 0 saturated carbocycles. The number of hydrogen-bond acceptors (Lipinski definition) is 5. The Bertz CT molecular complexity index is 1120. The highest BCUT2D eigenvalue weighted by atomic mass is 19.4. The van der Waals surface area contributed by atoms with Crippen LogP contribution in [-0.2, 0) is 18.9 Å². The van der Waals surface area contributed by atoms with Crippen LogP contribution in [0.1, 0.15) is 40.0 Å². The van der Waals surface area contributed by atoms with Gasteiger partial charge >= 0.3 is 12.4 Å². The minimum atomic E-state index is -4.67. The van der Waals surface area contributed by atoms with Gasteiger partial charge in [-0.15, -0.1) is 0 Å². The second kappa shape index (κ2) is 7.32. The van der Waals surface area contributed by atoms with Crippen LogP contribution >= 0.6 is 0 Å². The first kappa shape index (κ1) is 20.8. The van der Waals surface area contributed by atoms with Gasteiger partial charge in [0.25, 0.3) is 5.91 Å². The lowest BCUT2D eigenvalue weighted by atomic mass is 10.1. The van der Waals surface area contributed by atoms with Crippen LogP contribution < -0.4 is 5.32 Å². The van der Waals surface area contributed by atoms with Crippen LogP contribution in [0.2, 0.25) is 0 Å². The number of alkyl halides is 6. The SMILES string of the molecule is O=C(NC1CCn2nc(-c3ccnc(C(F)(F)F)c3)cc21)c1cnc(C(F)(F)F)cn1. The van der Waals surface area contributed by atoms with Crippen LogP contribution in [0.25, 0.3) is 11.3 Å². The zero-order valence-electron chi connectivity index (χ0n) is 15.4. The number of halogens is 6. The van der Waals surface area contributed by atoms with Gasteiger partial charge in [-0.2, -0.15) is 31.4 Å². The summed E-state index contributed by atoms with van der Waals surface area (Å²) in [5, 5.41) is 6.90. The van der Waals surface area contributed by atoms with E-state index in [9.17, 15) is 31.1 Å². The van der Waals surface area contributed by atoms with E-state index in [0.717, 1.165) is 18.5 Å². The molecule has 0 bridgehead atoms. The minimum Gasteiger partial charge on any atom is -0.342 e. The Kier molecular flexibility index (Phi) is 4.90. The van der Waals surface area contributed by atoms with E-state index in [2.05, 4.69) is 25.4 Å². The van der Waals surface area contributed by atoms with Gasteiger partial charge in [0.1, 0.15) is 11.4 Å². The molecule has 0 fully saturated rings. The summed E-state index contributed by atoms with van der Waals surface area (Å²) in [5.41, 5.74) is -1.53. The van der Waals surface area contributed by atoms with Gasteiger partial charge < -0.3 is 5.32 Å². The topological polar surface area (TPSA) is 85.6 Å². The molecule has 0 aromatic carbocycles. The van der Waals surface area contributed by atoms with Crippen molar-refractivity contribution in [3.63, 3.8) is 0 Å². The summed E-state index contributed by atoms with van der Waals surface area (Å²) >= 11 is 0. The number of nitrogens with zero attached hydrogens (tertiary/aromatic N) is 5. The molecule has 1 amide bonds. The summed E-state index contributed by atoms with van der Waals surface area (Å²) in [6.07, 6.45) is -6.59. The maximum atomic E-state index is 12.9. The van der Waals surface area contributed by atoms with E-state index in [1.54, 1.807) is 10.7 Å². The molecule has 4 rings (SSSR count). The molecule has 3 aromatic rings. The Labute approximate surface area is 170 Å². The van der Waals surface area contributed by atoms with Gasteiger partial charge in [0.15, 0.2) is 5.69 Å². The number of aryl methyl sites for hydroxylation is 1. The van der Waals surface area contributed by atoms with Gasteiger partial charge in [-0.1, -0.05) is 0 Å². The molecule has 0 radical (unpaired) electrons. The number of hydrogen-bond donors (Lipinski definition) is 1. The number of aromatic nitrogens is 5. The Morgan fingerprint density at radius 3 is 2.39 bits per heavy atom. The normalized spacial score (nSPS) is 16.3. The summed E-state index contributed by atoms with van der Waals surface area (Å²) in [6, 6.07) is 3.27. The molecule has 1 N–H and O–H groups in total. The van der Waals surface area contributed by atoms with Crippen LogP contribution in [-0.4, -0.2) is 30.6 Å². The van der Waals surface area contributed by atoms with E-state index < -0.39 is 35.7 Å². The average molecular weight is 442 g/mol. The van der Waals surface area contributed by atoms with Crippen molar-refractivity contribution in [1.29, 1.82) is 0 Å². The Morgan fingerprint density at radius 2 is 1.74 bits per heavy atom. The molecule has 162 valence electrons. The highest BCUT2D eigenvalue weighted by Gasteiger charge is 2.34. The molecular formula is C18H12F6N6O. The third-order valence-corrected chi connectivity index (χ3v) is 4.62. The zero-order chi connectivity index (χ0) is 22.4. The van der Waals surface area contributed by atoms with Crippen LogP contribution in [0.4, 0.5) is 26.3 Å². The van der Waals surface area contributed by atoms with Gasteiger partial charge in [-0.3, -0.25) is 14.5 Å². The van der Waals surface area contributed by atoms with E-state index in [4.69, 9.17) is 0 Å². The summed E-state index contributed by atoms with van der Waals surface area (Å²) in [5.74, 6) is -0.731. The van der Waals surface area contributed by atoms with E-state index >= 15 is 0 Å². The van der Waals surface area contributed by atoms with Crippen molar-refractivity contribution in [2.75, 3.05) is 0 Å². The number of amides is 1. The van der Waals surface area contributed by atoms with Crippen LogP contribution in [0.3, 0.4) is 0 Å². The predicted octanol–water partition coefficient (Wildman–Crippen LogP) is 3.65. The predicted molar refractivity (Wildman–Crippen MR) is 92.3 cm³/mol. The molecular weight excluding hydrogens is 430 g/mol. The smallest absolute Gasteiger partial charge is 0.342 e. The lowest BCUT2D eigenvalue weighted by Crippen LogP contribution is -2.28. The molecule has 13 heteroatoms. The molecule has 1 aliphatic heterocycles. The molecule has 3 aromatic heterocycles. The molecule has 7 nitrogen and oxygen atoms in total. The van der Waals surface area contributed by atoms with Crippen LogP contribution in [0, 0.1) is 0 Å². The van der Waals surface area contributed by atoms with Crippen molar-refractivity contribution in [1.82, 2.24) is 30.0 Å². The fourth-order valence-corrected chi connectivity index (χ4v) is 3.15. The molecule has 0 spiro atoms. The molecule has 1 aliphatic rings. The summed E-state index contributed by atoms with van der Waals surface area (Å²) < 4.78 is 77.9. The van der Waals surface area contributed by atoms with E-state index in [1.165, 1.54) is 6.07 Å². The Morgan fingerprint density at radius 1 is 1.00 bits per heavy atom. The van der Waals surface area contributed by atoms with Gasteiger partial charge in [-0.25, -0.2) is 9.97 Å². The largest absolute Gasteiger partial charge is 0.434 e. The van der Waals surface area contributed by atoms with Gasteiger partial charge in [-0.05, 0) is 24.6 Å². The number of pyridine rings is 1. The number of fused-ring (bicyclic) bond motifs is 1. The van der Waals surface area contributed by atoms with Crippen molar-refractivity contribution < 1.29 is 31.1 Å². The van der Waals surface area contributed by atoms with E-state index in [0.29, 0.717) is 24.9 Å². The second-order valence-corrected chi connectivity index (χ2v) is 6.70. The fourth-order valence-electron chi connectivity index (χ4n) is 3.15. The molecule has 0 aliphatic carbocycles. The van der Waals surface area contributed by atoms with Gasteiger partial charge in [0.05, 0.1) is 29.8 Å². The number of carbonyl (C=O) groups excluding carboxylic acids is 1. The van der Waals surface area contributed by atoms with Crippen molar-refractivity contribution in [2.24, 2.45) is 0 Å². The monoisotopic (exact) mass is 442 g/mol. The first-order valence-corrected chi connectivity index (χ1v) is 8.84.